The van der Waals surface area contributed by atoms with Crippen LogP contribution in [0, 0.1) is 0 Å². The third-order valence-corrected chi connectivity index (χ3v) is 2.24. The van der Waals surface area contributed by atoms with Crippen molar-refractivity contribution in [3.8, 4) is 0 Å². The third-order valence-electron chi connectivity index (χ3n) is 1.92. The number of nitrogens with two attached hydrogens (primary N) is 1. The summed E-state index contributed by atoms with van der Waals surface area (Å²) < 4.78 is 0. The quantitative estimate of drug-likeness (QED) is 0.334. The van der Waals surface area contributed by atoms with Gasteiger partial charge in [-0.15, -0.1) is 0 Å². The van der Waals surface area contributed by atoms with Crippen molar-refractivity contribution in [2.24, 2.45) is 5.90 Å². The molecule has 0 aromatic carbocycles. The Bertz CT molecular complexity index is 70.9. The SMILES string of the molecule is NOCCCCCCCCCS. The Hall–Kier alpha value is 0.270. The summed E-state index contributed by atoms with van der Waals surface area (Å²) >= 11 is 4.16. The first kappa shape index (κ1) is 12.3. The van der Waals surface area contributed by atoms with Crippen molar-refractivity contribution >= 4 is 12.6 Å². The van der Waals surface area contributed by atoms with E-state index in [0.717, 1.165) is 12.2 Å². The lowest BCUT2D eigenvalue weighted by molar-refractivity contribution is 0.133. The summed E-state index contributed by atoms with van der Waals surface area (Å²) in [6.45, 7) is 0.705. The van der Waals surface area contributed by atoms with Crippen LogP contribution in [-0.4, -0.2) is 12.4 Å². The molecule has 0 aliphatic carbocycles. The predicted octanol–water partition coefficient (Wildman–Crippen LogP) is 2.54. The van der Waals surface area contributed by atoms with E-state index in [1.165, 1.54) is 38.5 Å². The molecule has 0 saturated carbocycles. The van der Waals surface area contributed by atoms with Crippen LogP contribution in [0.3, 0.4) is 0 Å². The van der Waals surface area contributed by atoms with Crippen LogP contribution < -0.4 is 5.90 Å². The van der Waals surface area contributed by atoms with E-state index in [9.17, 15) is 0 Å². The minimum absolute atomic E-state index is 0.705. The third kappa shape index (κ3) is 10.3. The number of rotatable bonds is 9. The molecule has 2 N–H and O–H groups in total. The maximum Gasteiger partial charge on any atom is 0.0679 e. The highest BCUT2D eigenvalue weighted by atomic mass is 32.1. The Balaban J connectivity index is 2.73. The first-order valence-electron chi connectivity index (χ1n) is 4.84. The fourth-order valence-corrected chi connectivity index (χ4v) is 1.40. The Kier molecular flexibility index (Phi) is 11.5. The molecule has 0 bridgehead atoms. The molecule has 0 spiro atoms. The standard InChI is InChI=1S/C9H21NOS/c10-11-8-6-4-2-1-3-5-7-9-12/h12H,1-10H2. The van der Waals surface area contributed by atoms with Crippen LogP contribution in [0.4, 0.5) is 0 Å². The largest absolute Gasteiger partial charge is 0.305 e. The number of hydrogen-bond donors (Lipinski definition) is 2. The molecular formula is C9H21NOS. The average molecular weight is 191 g/mol. The molecule has 0 saturated heterocycles. The fourth-order valence-electron chi connectivity index (χ4n) is 1.18. The van der Waals surface area contributed by atoms with Gasteiger partial charge < -0.3 is 4.84 Å². The van der Waals surface area contributed by atoms with Crippen molar-refractivity contribution in [1.29, 1.82) is 0 Å². The minimum atomic E-state index is 0.705. The molecule has 0 aliphatic rings. The smallest absolute Gasteiger partial charge is 0.0679 e. The Morgan fingerprint density at radius 1 is 0.833 bits per heavy atom. The molecule has 0 atom stereocenters. The Labute approximate surface area is 81.2 Å². The maximum absolute atomic E-state index is 4.90. The van der Waals surface area contributed by atoms with Crippen molar-refractivity contribution in [2.45, 2.75) is 44.9 Å². The van der Waals surface area contributed by atoms with E-state index in [-0.39, 0.29) is 0 Å². The zero-order valence-electron chi connectivity index (χ0n) is 7.80. The first-order chi connectivity index (χ1) is 5.91. The van der Waals surface area contributed by atoms with Gasteiger partial charge in [0, 0.05) is 0 Å². The Morgan fingerprint density at radius 2 is 1.33 bits per heavy atom. The van der Waals surface area contributed by atoms with Crippen LogP contribution in [0.2, 0.25) is 0 Å². The van der Waals surface area contributed by atoms with Gasteiger partial charge in [0.15, 0.2) is 0 Å². The van der Waals surface area contributed by atoms with Gasteiger partial charge in [-0.2, -0.15) is 12.6 Å². The summed E-state index contributed by atoms with van der Waals surface area (Å²) in [5.74, 6) is 5.93. The van der Waals surface area contributed by atoms with E-state index in [4.69, 9.17) is 5.90 Å². The minimum Gasteiger partial charge on any atom is -0.305 e. The highest BCUT2D eigenvalue weighted by Gasteiger charge is 1.90. The van der Waals surface area contributed by atoms with Gasteiger partial charge in [-0.05, 0) is 18.6 Å². The lowest BCUT2D eigenvalue weighted by Crippen LogP contribution is -2.00. The number of hydrogen-bond acceptors (Lipinski definition) is 3. The fraction of sp³-hybridized carbons (Fsp3) is 1.00. The van der Waals surface area contributed by atoms with Crippen LogP contribution >= 0.6 is 12.6 Å². The van der Waals surface area contributed by atoms with E-state index in [2.05, 4.69) is 17.5 Å². The lowest BCUT2D eigenvalue weighted by atomic mass is 10.1. The monoisotopic (exact) mass is 191 g/mol. The number of thiol groups is 1. The van der Waals surface area contributed by atoms with Gasteiger partial charge in [0.2, 0.25) is 0 Å². The first-order valence-corrected chi connectivity index (χ1v) is 5.47. The topological polar surface area (TPSA) is 35.2 Å². The van der Waals surface area contributed by atoms with E-state index in [1.54, 1.807) is 0 Å². The summed E-state index contributed by atoms with van der Waals surface area (Å²) in [5, 5.41) is 0. The molecular weight excluding hydrogens is 170 g/mol. The van der Waals surface area contributed by atoms with Crippen LogP contribution in [0.25, 0.3) is 0 Å². The molecule has 0 aromatic rings. The van der Waals surface area contributed by atoms with Crippen LogP contribution in [0.1, 0.15) is 44.9 Å². The van der Waals surface area contributed by atoms with E-state index in [1.807, 2.05) is 0 Å². The summed E-state index contributed by atoms with van der Waals surface area (Å²) in [6.07, 6.45) is 8.95. The normalized spacial score (nSPS) is 10.5. The molecule has 0 amide bonds. The molecule has 12 heavy (non-hydrogen) atoms. The van der Waals surface area contributed by atoms with Gasteiger partial charge in [0.25, 0.3) is 0 Å². The van der Waals surface area contributed by atoms with E-state index in [0.29, 0.717) is 6.61 Å². The van der Waals surface area contributed by atoms with Crippen LogP contribution in [-0.2, 0) is 4.84 Å². The van der Waals surface area contributed by atoms with Gasteiger partial charge in [0.05, 0.1) is 6.61 Å². The summed E-state index contributed by atoms with van der Waals surface area (Å²) in [7, 11) is 0. The van der Waals surface area contributed by atoms with Crippen molar-refractivity contribution < 1.29 is 4.84 Å². The van der Waals surface area contributed by atoms with Gasteiger partial charge in [-0.25, -0.2) is 5.90 Å². The summed E-state index contributed by atoms with van der Waals surface area (Å²) in [6, 6.07) is 0. The van der Waals surface area contributed by atoms with Crippen LogP contribution in [0.15, 0.2) is 0 Å². The summed E-state index contributed by atoms with van der Waals surface area (Å²) in [5.41, 5.74) is 0. The van der Waals surface area contributed by atoms with Gasteiger partial charge in [0.1, 0.15) is 0 Å². The second-order valence-electron chi connectivity index (χ2n) is 3.07. The molecule has 2 nitrogen and oxygen atoms in total. The zero-order chi connectivity index (χ0) is 9.07. The molecule has 0 aromatic heterocycles. The predicted molar refractivity (Wildman–Crippen MR) is 56.3 cm³/mol. The van der Waals surface area contributed by atoms with Crippen molar-refractivity contribution in [1.82, 2.24) is 0 Å². The molecule has 0 heterocycles. The van der Waals surface area contributed by atoms with Crippen LogP contribution in [0.5, 0.6) is 0 Å². The van der Waals surface area contributed by atoms with Gasteiger partial charge >= 0.3 is 0 Å². The second-order valence-corrected chi connectivity index (χ2v) is 3.52. The zero-order valence-corrected chi connectivity index (χ0v) is 8.69. The molecule has 74 valence electrons. The van der Waals surface area contributed by atoms with E-state index < -0.39 is 0 Å². The lowest BCUT2D eigenvalue weighted by Gasteiger charge is -1.99. The molecule has 0 fully saturated rings. The molecule has 0 unspecified atom stereocenters. The molecule has 0 radical (unpaired) electrons. The van der Waals surface area contributed by atoms with Crippen molar-refractivity contribution in [3.05, 3.63) is 0 Å². The van der Waals surface area contributed by atoms with Crippen molar-refractivity contribution in [3.63, 3.8) is 0 Å². The highest BCUT2D eigenvalue weighted by molar-refractivity contribution is 7.80. The molecule has 0 rings (SSSR count). The van der Waals surface area contributed by atoms with Crippen molar-refractivity contribution in [2.75, 3.05) is 12.4 Å². The Morgan fingerprint density at radius 3 is 1.83 bits per heavy atom. The molecule has 0 aliphatic heterocycles. The van der Waals surface area contributed by atoms with Gasteiger partial charge in [-0.3, -0.25) is 0 Å². The van der Waals surface area contributed by atoms with E-state index >= 15 is 0 Å². The number of unbranched alkanes of at least 4 members (excludes halogenated alkanes) is 6. The average Bonchev–Trinajstić information content (AvgIpc) is 2.10. The highest BCUT2D eigenvalue weighted by Crippen LogP contribution is 2.07. The molecule has 3 heteroatoms. The second kappa shape index (κ2) is 11.3. The maximum atomic E-state index is 4.90. The van der Waals surface area contributed by atoms with Gasteiger partial charge in [-0.1, -0.05) is 32.1 Å². The summed E-state index contributed by atoms with van der Waals surface area (Å²) in [4.78, 5) is 4.48.